The molecule has 0 radical (unpaired) electrons. The van der Waals surface area contributed by atoms with Gasteiger partial charge in [0, 0.05) is 5.56 Å². The molecule has 27 heavy (non-hydrogen) atoms. The summed E-state index contributed by atoms with van der Waals surface area (Å²) in [6, 6.07) is 11.2. The van der Waals surface area contributed by atoms with Crippen molar-refractivity contribution in [2.45, 2.75) is 13.5 Å². The number of ketones is 1. The van der Waals surface area contributed by atoms with Gasteiger partial charge in [-0.3, -0.25) is 4.79 Å². The Kier molecular flexibility index (Phi) is 6.93. The summed E-state index contributed by atoms with van der Waals surface area (Å²) in [6.07, 6.45) is 0. The largest absolute Gasteiger partial charge is 0.493 e. The Hall–Kier alpha value is -3.35. The maximum atomic E-state index is 11.9. The van der Waals surface area contributed by atoms with Crippen molar-refractivity contribution in [3.8, 4) is 11.5 Å². The number of hydrogen-bond donors (Lipinski definition) is 0. The van der Waals surface area contributed by atoms with Crippen LogP contribution >= 0.6 is 0 Å². The fourth-order valence-corrected chi connectivity index (χ4v) is 2.20. The quantitative estimate of drug-likeness (QED) is 0.520. The van der Waals surface area contributed by atoms with Crippen LogP contribution in [0.3, 0.4) is 0 Å². The van der Waals surface area contributed by atoms with E-state index >= 15 is 0 Å². The molecule has 0 spiro atoms. The van der Waals surface area contributed by atoms with E-state index in [1.54, 1.807) is 42.5 Å². The van der Waals surface area contributed by atoms with E-state index < -0.39 is 11.9 Å². The number of carbonyl (C=O) groups excluding carboxylic acids is 3. The molecule has 0 aromatic heterocycles. The van der Waals surface area contributed by atoms with Crippen molar-refractivity contribution in [1.82, 2.24) is 0 Å². The normalized spacial score (nSPS) is 10.0. The number of Topliss-reactive ketones (excluding diaryl/α,β-unsaturated/α-hetero) is 1. The van der Waals surface area contributed by atoms with Gasteiger partial charge in [-0.05, 0) is 42.8 Å². The van der Waals surface area contributed by atoms with Gasteiger partial charge in [0.25, 0.3) is 0 Å². The number of carbonyl (C=O) groups is 3. The highest BCUT2D eigenvalue weighted by molar-refractivity contribution is 5.94. The fourth-order valence-electron chi connectivity index (χ4n) is 2.20. The lowest BCUT2D eigenvalue weighted by Gasteiger charge is -2.11. The molecule has 0 aliphatic rings. The molecular weight excluding hydrogens is 352 g/mol. The van der Waals surface area contributed by atoms with Gasteiger partial charge in [0.05, 0.1) is 19.8 Å². The Balaban J connectivity index is 1.87. The lowest BCUT2D eigenvalue weighted by Crippen LogP contribution is -2.15. The molecule has 0 aliphatic carbocycles. The maximum absolute atomic E-state index is 11.9. The molecular formula is C20H20O7. The molecule has 0 fully saturated rings. The van der Waals surface area contributed by atoms with E-state index in [1.807, 2.05) is 0 Å². The first-order chi connectivity index (χ1) is 12.9. The van der Waals surface area contributed by atoms with Crippen molar-refractivity contribution in [2.75, 3.05) is 20.8 Å². The van der Waals surface area contributed by atoms with E-state index in [1.165, 1.54) is 21.1 Å². The van der Waals surface area contributed by atoms with Crippen LogP contribution in [0.4, 0.5) is 0 Å². The van der Waals surface area contributed by atoms with E-state index in [-0.39, 0.29) is 19.0 Å². The Morgan fingerprint density at radius 1 is 0.889 bits per heavy atom. The summed E-state index contributed by atoms with van der Waals surface area (Å²) in [7, 11) is 2.75. The Morgan fingerprint density at radius 2 is 1.56 bits per heavy atom. The molecule has 142 valence electrons. The molecule has 0 bridgehead atoms. The van der Waals surface area contributed by atoms with Crippen molar-refractivity contribution in [2.24, 2.45) is 0 Å². The van der Waals surface area contributed by atoms with E-state index in [0.717, 1.165) is 5.56 Å². The monoisotopic (exact) mass is 372 g/mol. The summed E-state index contributed by atoms with van der Waals surface area (Å²) in [5, 5.41) is 0. The SMILES string of the molecule is COC(=O)c1ccc(COC(=O)COc2ccc(C(C)=O)cc2OC)cc1. The topological polar surface area (TPSA) is 88.1 Å². The second-order valence-corrected chi connectivity index (χ2v) is 5.56. The van der Waals surface area contributed by atoms with Crippen LogP contribution in [-0.2, 0) is 20.9 Å². The highest BCUT2D eigenvalue weighted by Crippen LogP contribution is 2.28. The van der Waals surface area contributed by atoms with Crippen LogP contribution in [0.15, 0.2) is 42.5 Å². The van der Waals surface area contributed by atoms with Crippen molar-refractivity contribution in [3.63, 3.8) is 0 Å². The molecule has 0 atom stereocenters. The number of esters is 2. The highest BCUT2D eigenvalue weighted by atomic mass is 16.6. The average molecular weight is 372 g/mol. The minimum Gasteiger partial charge on any atom is -0.493 e. The van der Waals surface area contributed by atoms with Crippen molar-refractivity contribution in [3.05, 3.63) is 59.2 Å². The van der Waals surface area contributed by atoms with Crippen LogP contribution in [0.25, 0.3) is 0 Å². The van der Waals surface area contributed by atoms with Crippen LogP contribution < -0.4 is 9.47 Å². The molecule has 7 heteroatoms. The summed E-state index contributed by atoms with van der Waals surface area (Å²) < 4.78 is 20.3. The first-order valence-corrected chi connectivity index (χ1v) is 8.09. The molecule has 7 nitrogen and oxygen atoms in total. The lowest BCUT2D eigenvalue weighted by atomic mass is 10.1. The summed E-state index contributed by atoms with van der Waals surface area (Å²) in [5.41, 5.74) is 1.62. The molecule has 0 saturated carbocycles. The predicted molar refractivity (Wildman–Crippen MR) is 96.1 cm³/mol. The standard InChI is InChI=1S/C20H20O7/c1-13(21)16-8-9-17(18(10-16)24-2)26-12-19(22)27-11-14-4-6-15(7-5-14)20(23)25-3/h4-10H,11-12H2,1-3H3. The second-order valence-electron chi connectivity index (χ2n) is 5.56. The zero-order chi connectivity index (χ0) is 19.8. The van der Waals surface area contributed by atoms with E-state index in [2.05, 4.69) is 4.74 Å². The summed E-state index contributed by atoms with van der Waals surface area (Å²) in [5.74, 6) is -0.408. The smallest absolute Gasteiger partial charge is 0.344 e. The fraction of sp³-hybridized carbons (Fsp3) is 0.250. The van der Waals surface area contributed by atoms with E-state index in [4.69, 9.17) is 14.2 Å². The van der Waals surface area contributed by atoms with Crippen LogP contribution in [0.2, 0.25) is 0 Å². The molecule has 0 amide bonds. The van der Waals surface area contributed by atoms with Gasteiger partial charge < -0.3 is 18.9 Å². The summed E-state index contributed by atoms with van der Waals surface area (Å²) in [6.45, 7) is 1.18. The Bertz CT molecular complexity index is 825. The first-order valence-electron chi connectivity index (χ1n) is 8.09. The van der Waals surface area contributed by atoms with Gasteiger partial charge in [0.15, 0.2) is 23.9 Å². The maximum Gasteiger partial charge on any atom is 0.344 e. The van der Waals surface area contributed by atoms with E-state index in [0.29, 0.717) is 22.6 Å². The van der Waals surface area contributed by atoms with E-state index in [9.17, 15) is 14.4 Å². The van der Waals surface area contributed by atoms with Gasteiger partial charge in [0.1, 0.15) is 6.61 Å². The minimum absolute atomic E-state index is 0.0457. The highest BCUT2D eigenvalue weighted by Gasteiger charge is 2.11. The van der Waals surface area contributed by atoms with Crippen LogP contribution in [-0.4, -0.2) is 38.5 Å². The Labute approximate surface area is 156 Å². The third-order valence-electron chi connectivity index (χ3n) is 3.69. The third kappa shape index (κ3) is 5.57. The number of ether oxygens (including phenoxy) is 4. The van der Waals surface area contributed by atoms with Crippen LogP contribution in [0, 0.1) is 0 Å². The predicted octanol–water partition coefficient (Wildman–Crippen LogP) is 2.81. The number of benzene rings is 2. The van der Waals surface area contributed by atoms with Gasteiger partial charge in [-0.1, -0.05) is 12.1 Å². The summed E-state index contributed by atoms with van der Waals surface area (Å²) >= 11 is 0. The van der Waals surface area contributed by atoms with Crippen molar-refractivity contribution in [1.29, 1.82) is 0 Å². The molecule has 2 aromatic carbocycles. The van der Waals surface area contributed by atoms with Crippen LogP contribution in [0.1, 0.15) is 33.2 Å². The van der Waals surface area contributed by atoms with Crippen molar-refractivity contribution >= 4 is 17.7 Å². The number of rotatable bonds is 8. The average Bonchev–Trinajstić information content (AvgIpc) is 2.70. The van der Waals surface area contributed by atoms with Gasteiger partial charge >= 0.3 is 11.9 Å². The molecule has 0 heterocycles. The van der Waals surface area contributed by atoms with Crippen LogP contribution in [0.5, 0.6) is 11.5 Å². The number of hydrogen-bond acceptors (Lipinski definition) is 7. The lowest BCUT2D eigenvalue weighted by molar-refractivity contribution is -0.147. The molecule has 0 N–H and O–H groups in total. The summed E-state index contributed by atoms with van der Waals surface area (Å²) in [4.78, 5) is 34.6. The van der Waals surface area contributed by atoms with Gasteiger partial charge in [-0.25, -0.2) is 9.59 Å². The van der Waals surface area contributed by atoms with Gasteiger partial charge in [0.2, 0.25) is 0 Å². The zero-order valence-corrected chi connectivity index (χ0v) is 15.3. The van der Waals surface area contributed by atoms with Gasteiger partial charge in [-0.2, -0.15) is 0 Å². The number of methoxy groups -OCH3 is 2. The molecule has 2 rings (SSSR count). The second kappa shape index (κ2) is 9.38. The third-order valence-corrected chi connectivity index (χ3v) is 3.69. The molecule has 0 saturated heterocycles. The Morgan fingerprint density at radius 3 is 2.15 bits per heavy atom. The zero-order valence-electron chi connectivity index (χ0n) is 15.3. The minimum atomic E-state index is -0.565. The molecule has 2 aromatic rings. The van der Waals surface area contributed by atoms with Gasteiger partial charge in [-0.15, -0.1) is 0 Å². The molecule has 0 unspecified atom stereocenters. The first kappa shape index (κ1) is 20.0. The molecule has 0 aliphatic heterocycles. The van der Waals surface area contributed by atoms with Crippen molar-refractivity contribution < 1.29 is 33.3 Å².